The van der Waals surface area contributed by atoms with E-state index in [1.807, 2.05) is 12.1 Å². The maximum atomic E-state index is 9.22. The predicted octanol–water partition coefficient (Wildman–Crippen LogP) is 2.81. The molecule has 0 bridgehead atoms. The highest BCUT2D eigenvalue weighted by molar-refractivity contribution is 6.17. The molecule has 0 aliphatic rings. The van der Waals surface area contributed by atoms with Crippen molar-refractivity contribution >= 4 is 22.6 Å². The molecule has 2 aromatic rings. The number of para-hydroxylation sites is 1. The smallest absolute Gasteiger partial charge is 0.111 e. The Morgan fingerprint density at radius 3 is 2.80 bits per heavy atom. The van der Waals surface area contributed by atoms with Crippen molar-refractivity contribution in [1.82, 2.24) is 14.5 Å². The summed E-state index contributed by atoms with van der Waals surface area (Å²) in [6, 6.07) is 8.23. The molecule has 0 amide bonds. The third-order valence-electron chi connectivity index (χ3n) is 3.30. The number of hydrogen-bond acceptors (Lipinski definition) is 3. The summed E-state index contributed by atoms with van der Waals surface area (Å²) in [7, 11) is 4.11. The Kier molecular flexibility index (Phi) is 4.64. The number of benzene rings is 1. The minimum absolute atomic E-state index is 0.280. The molecule has 0 saturated heterocycles. The molecular formula is C15H19ClN4. The first-order valence-electron chi connectivity index (χ1n) is 6.69. The summed E-state index contributed by atoms with van der Waals surface area (Å²) in [6.45, 7) is 3.08. The molecule has 20 heavy (non-hydrogen) atoms. The Bertz CT molecular complexity index is 639. The number of halogens is 1. The fourth-order valence-electron chi connectivity index (χ4n) is 2.62. The molecule has 0 spiro atoms. The Balaban J connectivity index is 2.60. The number of likely N-dealkylation sites (N-methyl/N-ethyl adjacent to an activating group) is 1. The number of fused-ring (bicyclic) bond motifs is 1. The molecule has 2 rings (SSSR count). The molecular weight excluding hydrogens is 272 g/mol. The molecule has 0 fully saturated rings. The second-order valence-electron chi connectivity index (χ2n) is 5.23. The van der Waals surface area contributed by atoms with Gasteiger partial charge in [0.1, 0.15) is 17.4 Å². The van der Waals surface area contributed by atoms with E-state index in [1.165, 1.54) is 0 Å². The number of rotatable bonds is 5. The number of nitriles is 1. The maximum Gasteiger partial charge on any atom is 0.111 e. The number of hydrogen-bond donors (Lipinski definition) is 0. The van der Waals surface area contributed by atoms with Crippen LogP contribution in [-0.2, 0) is 6.42 Å². The van der Waals surface area contributed by atoms with E-state index in [9.17, 15) is 5.26 Å². The van der Waals surface area contributed by atoms with Gasteiger partial charge in [-0.15, -0.1) is 11.6 Å². The van der Waals surface area contributed by atoms with Gasteiger partial charge in [-0.25, -0.2) is 4.98 Å². The molecule has 1 aromatic carbocycles. The number of aryl methyl sites for hydroxylation is 1. The van der Waals surface area contributed by atoms with E-state index >= 15 is 0 Å². The Labute approximate surface area is 124 Å². The summed E-state index contributed by atoms with van der Waals surface area (Å²) in [5.41, 5.74) is 2.41. The van der Waals surface area contributed by atoms with Crippen LogP contribution in [0.25, 0.3) is 11.0 Å². The van der Waals surface area contributed by atoms with E-state index in [-0.39, 0.29) is 6.04 Å². The van der Waals surface area contributed by atoms with Gasteiger partial charge >= 0.3 is 0 Å². The van der Waals surface area contributed by atoms with Crippen LogP contribution in [0.5, 0.6) is 0 Å². The van der Waals surface area contributed by atoms with Crippen molar-refractivity contribution in [2.24, 2.45) is 0 Å². The van der Waals surface area contributed by atoms with Crippen molar-refractivity contribution in [3.8, 4) is 6.07 Å². The van der Waals surface area contributed by atoms with Crippen molar-refractivity contribution in [3.63, 3.8) is 0 Å². The van der Waals surface area contributed by atoms with Crippen molar-refractivity contribution in [1.29, 1.82) is 5.26 Å². The fourth-order valence-corrected chi connectivity index (χ4v) is 2.79. The number of imidazole rings is 1. The van der Waals surface area contributed by atoms with E-state index in [2.05, 4.69) is 41.5 Å². The third kappa shape index (κ3) is 2.79. The van der Waals surface area contributed by atoms with Gasteiger partial charge in [0.15, 0.2) is 0 Å². The van der Waals surface area contributed by atoms with E-state index in [0.29, 0.717) is 17.9 Å². The Hall–Kier alpha value is -1.57. The molecule has 0 N–H and O–H groups in total. The Morgan fingerprint density at radius 1 is 1.45 bits per heavy atom. The van der Waals surface area contributed by atoms with E-state index in [1.54, 1.807) is 6.07 Å². The van der Waals surface area contributed by atoms with Crippen molar-refractivity contribution < 1.29 is 0 Å². The van der Waals surface area contributed by atoms with Crippen LogP contribution < -0.4 is 0 Å². The highest BCUT2D eigenvalue weighted by Crippen LogP contribution is 2.24. The highest BCUT2D eigenvalue weighted by atomic mass is 35.5. The average Bonchev–Trinajstić information content (AvgIpc) is 2.76. The molecule has 0 radical (unpaired) electrons. The first-order valence-corrected chi connectivity index (χ1v) is 7.22. The lowest BCUT2D eigenvalue weighted by Crippen LogP contribution is -2.23. The third-order valence-corrected chi connectivity index (χ3v) is 3.49. The molecule has 0 aliphatic heterocycles. The molecule has 0 aliphatic carbocycles. The zero-order valence-electron chi connectivity index (χ0n) is 12.1. The topological polar surface area (TPSA) is 44.9 Å². The van der Waals surface area contributed by atoms with Crippen LogP contribution >= 0.6 is 11.6 Å². The first-order chi connectivity index (χ1) is 9.58. The standard InChI is InChI=1S/C15H19ClN4/c1-11(10-19(2)3)20-13-6-4-5-12(9-17)15(13)18-14(20)7-8-16/h4-6,11H,7-8,10H2,1-3H3. The summed E-state index contributed by atoms with van der Waals surface area (Å²) >= 11 is 5.89. The average molecular weight is 291 g/mol. The molecule has 1 heterocycles. The lowest BCUT2D eigenvalue weighted by Gasteiger charge is -2.21. The summed E-state index contributed by atoms with van der Waals surface area (Å²) in [5, 5.41) is 9.22. The number of aromatic nitrogens is 2. The summed E-state index contributed by atoms with van der Waals surface area (Å²) in [4.78, 5) is 6.79. The lowest BCUT2D eigenvalue weighted by molar-refractivity contribution is 0.337. The van der Waals surface area contributed by atoms with Gasteiger partial charge in [0.25, 0.3) is 0 Å². The van der Waals surface area contributed by atoms with E-state index in [0.717, 1.165) is 23.4 Å². The van der Waals surface area contributed by atoms with Crippen LogP contribution in [0.1, 0.15) is 24.4 Å². The van der Waals surface area contributed by atoms with E-state index in [4.69, 9.17) is 11.6 Å². The van der Waals surface area contributed by atoms with Gasteiger partial charge in [0.05, 0.1) is 11.1 Å². The van der Waals surface area contributed by atoms with Gasteiger partial charge < -0.3 is 9.47 Å². The van der Waals surface area contributed by atoms with Crippen LogP contribution in [0.4, 0.5) is 0 Å². The quantitative estimate of drug-likeness (QED) is 0.796. The fraction of sp³-hybridized carbons (Fsp3) is 0.467. The van der Waals surface area contributed by atoms with Crippen LogP contribution in [0.3, 0.4) is 0 Å². The number of nitrogens with zero attached hydrogens (tertiary/aromatic N) is 4. The molecule has 106 valence electrons. The van der Waals surface area contributed by atoms with Gasteiger partial charge in [0, 0.05) is 24.9 Å². The zero-order valence-corrected chi connectivity index (χ0v) is 12.9. The normalized spacial score (nSPS) is 12.8. The minimum atomic E-state index is 0.280. The minimum Gasteiger partial charge on any atom is -0.324 e. The molecule has 0 saturated carbocycles. The summed E-state index contributed by atoms with van der Waals surface area (Å²) in [6.07, 6.45) is 0.707. The molecule has 1 unspecified atom stereocenters. The van der Waals surface area contributed by atoms with Gasteiger partial charge in [-0.3, -0.25) is 0 Å². The second kappa shape index (κ2) is 6.25. The van der Waals surface area contributed by atoms with Gasteiger partial charge in [0.2, 0.25) is 0 Å². The van der Waals surface area contributed by atoms with E-state index < -0.39 is 0 Å². The highest BCUT2D eigenvalue weighted by Gasteiger charge is 2.17. The second-order valence-corrected chi connectivity index (χ2v) is 5.61. The van der Waals surface area contributed by atoms with Gasteiger partial charge in [-0.05, 0) is 33.2 Å². The SMILES string of the molecule is CC(CN(C)C)n1c(CCCl)nc2c(C#N)cccc21. The molecule has 4 nitrogen and oxygen atoms in total. The van der Waals surface area contributed by atoms with Gasteiger partial charge in [-0.1, -0.05) is 6.07 Å². The van der Waals surface area contributed by atoms with Crippen molar-refractivity contribution in [2.75, 3.05) is 26.5 Å². The van der Waals surface area contributed by atoms with Crippen LogP contribution in [0, 0.1) is 11.3 Å². The van der Waals surface area contributed by atoms with Crippen molar-refractivity contribution in [2.45, 2.75) is 19.4 Å². The lowest BCUT2D eigenvalue weighted by atomic mass is 10.2. The molecule has 5 heteroatoms. The molecule has 1 atom stereocenters. The Morgan fingerprint density at radius 2 is 2.20 bits per heavy atom. The zero-order chi connectivity index (χ0) is 14.7. The number of alkyl halides is 1. The predicted molar refractivity (Wildman–Crippen MR) is 82.1 cm³/mol. The maximum absolute atomic E-state index is 9.22. The summed E-state index contributed by atoms with van der Waals surface area (Å²) in [5.74, 6) is 1.48. The summed E-state index contributed by atoms with van der Waals surface area (Å²) < 4.78 is 2.21. The van der Waals surface area contributed by atoms with Crippen LogP contribution in [0.2, 0.25) is 0 Å². The van der Waals surface area contributed by atoms with Crippen LogP contribution in [0.15, 0.2) is 18.2 Å². The monoisotopic (exact) mass is 290 g/mol. The van der Waals surface area contributed by atoms with Crippen LogP contribution in [-0.4, -0.2) is 41.0 Å². The van der Waals surface area contributed by atoms with Crippen molar-refractivity contribution in [3.05, 3.63) is 29.6 Å². The largest absolute Gasteiger partial charge is 0.324 e. The first kappa shape index (κ1) is 14.8. The molecule has 1 aromatic heterocycles. The van der Waals surface area contributed by atoms with Gasteiger partial charge in [-0.2, -0.15) is 5.26 Å².